The van der Waals surface area contributed by atoms with E-state index in [1.54, 1.807) is 0 Å². The molecule has 1 aromatic carbocycles. The van der Waals surface area contributed by atoms with E-state index in [4.69, 9.17) is 5.73 Å². The van der Waals surface area contributed by atoms with Gasteiger partial charge in [0.1, 0.15) is 5.82 Å². The summed E-state index contributed by atoms with van der Waals surface area (Å²) in [5.74, 6) is 0.525. The second kappa shape index (κ2) is 4.56. The summed E-state index contributed by atoms with van der Waals surface area (Å²) in [5, 5.41) is 4.34. The zero-order valence-corrected chi connectivity index (χ0v) is 11.9. The maximum Gasteiger partial charge on any atom is 0.147 e. The molecule has 0 amide bonds. The number of fused-ring (bicyclic) bond motifs is 1. The molecule has 102 valence electrons. The molecule has 0 aliphatic heterocycles. The highest BCUT2D eigenvalue weighted by Gasteiger charge is 2.12. The summed E-state index contributed by atoms with van der Waals surface area (Å²) < 4.78 is 0. The first-order chi connectivity index (χ1) is 9.58. The number of nitrogen functional groups attached to an aromatic ring is 1. The van der Waals surface area contributed by atoms with Crippen LogP contribution < -0.4 is 11.1 Å². The number of nitrogens with two attached hydrogens (primary N) is 1. The lowest BCUT2D eigenvalue weighted by Gasteiger charge is -2.11. The Morgan fingerprint density at radius 3 is 2.70 bits per heavy atom. The molecular formula is C16H18N4. The topological polar surface area (TPSA) is 66.7 Å². The molecule has 4 nitrogen and oxygen atoms in total. The van der Waals surface area contributed by atoms with Crippen molar-refractivity contribution in [3.63, 3.8) is 0 Å². The molecule has 3 rings (SSSR count). The summed E-state index contributed by atoms with van der Waals surface area (Å²) in [6, 6.07) is 10.6. The zero-order chi connectivity index (χ0) is 14.3. The van der Waals surface area contributed by atoms with E-state index in [0.717, 1.165) is 28.2 Å². The molecule has 3 aromatic rings. The predicted octanol–water partition coefficient (Wildman–Crippen LogP) is 3.47. The molecule has 0 aliphatic rings. The molecule has 4 heteroatoms. The van der Waals surface area contributed by atoms with E-state index in [-0.39, 0.29) is 0 Å². The highest BCUT2D eigenvalue weighted by molar-refractivity contribution is 5.91. The minimum atomic E-state index is 0.525. The second-order valence-electron chi connectivity index (χ2n) is 5.10. The normalized spacial score (nSPS) is 10.9. The standard InChI is InChI=1S/C16H18N4/c1-9-4-5-13-11(6-9)8-14(20-13)12-7-10(2)19-16(17)15(12)18-3/h4-8,18,20H,1-3H3,(H2,17,19). The second-order valence-corrected chi connectivity index (χ2v) is 5.10. The van der Waals surface area contributed by atoms with Gasteiger partial charge < -0.3 is 16.0 Å². The molecule has 20 heavy (non-hydrogen) atoms. The van der Waals surface area contributed by atoms with E-state index in [0.29, 0.717) is 5.82 Å². The smallest absolute Gasteiger partial charge is 0.147 e. The number of aromatic amines is 1. The van der Waals surface area contributed by atoms with Gasteiger partial charge >= 0.3 is 0 Å². The molecule has 0 spiro atoms. The van der Waals surface area contributed by atoms with Crippen molar-refractivity contribution in [3.05, 3.63) is 41.6 Å². The van der Waals surface area contributed by atoms with Crippen molar-refractivity contribution in [1.82, 2.24) is 9.97 Å². The van der Waals surface area contributed by atoms with E-state index >= 15 is 0 Å². The molecule has 0 unspecified atom stereocenters. The van der Waals surface area contributed by atoms with Crippen molar-refractivity contribution in [1.29, 1.82) is 0 Å². The van der Waals surface area contributed by atoms with Gasteiger partial charge in [0, 0.05) is 34.9 Å². The lowest BCUT2D eigenvalue weighted by Crippen LogP contribution is -2.02. The van der Waals surface area contributed by atoms with Crippen LogP contribution in [-0.4, -0.2) is 17.0 Å². The molecule has 0 fully saturated rings. The summed E-state index contributed by atoms with van der Waals surface area (Å²) in [7, 11) is 1.86. The van der Waals surface area contributed by atoms with Gasteiger partial charge in [-0.05, 0) is 38.1 Å². The van der Waals surface area contributed by atoms with E-state index in [2.05, 4.69) is 46.5 Å². The molecule has 2 aromatic heterocycles. The van der Waals surface area contributed by atoms with Gasteiger partial charge in [0.25, 0.3) is 0 Å². The summed E-state index contributed by atoms with van der Waals surface area (Å²) in [5.41, 5.74) is 12.2. The third-order valence-electron chi connectivity index (χ3n) is 3.49. The third kappa shape index (κ3) is 1.99. The Morgan fingerprint density at radius 1 is 1.15 bits per heavy atom. The first-order valence-electron chi connectivity index (χ1n) is 6.63. The van der Waals surface area contributed by atoms with Crippen LogP contribution in [0.3, 0.4) is 0 Å². The number of nitrogens with zero attached hydrogens (tertiary/aromatic N) is 1. The Hall–Kier alpha value is -2.49. The molecule has 2 heterocycles. The van der Waals surface area contributed by atoms with Crippen molar-refractivity contribution < 1.29 is 0 Å². The zero-order valence-electron chi connectivity index (χ0n) is 11.9. The molecule has 0 bridgehead atoms. The quantitative estimate of drug-likeness (QED) is 0.665. The lowest BCUT2D eigenvalue weighted by atomic mass is 10.1. The largest absolute Gasteiger partial charge is 0.385 e. The Bertz CT molecular complexity index is 787. The number of aryl methyl sites for hydroxylation is 2. The van der Waals surface area contributed by atoms with Gasteiger partial charge in [-0.15, -0.1) is 0 Å². The SMILES string of the molecule is CNc1c(-c2cc3cc(C)ccc3[nH]2)cc(C)nc1N. The molecule has 0 saturated carbocycles. The molecular weight excluding hydrogens is 248 g/mol. The fourth-order valence-electron chi connectivity index (χ4n) is 2.57. The molecule has 0 radical (unpaired) electrons. The van der Waals surface area contributed by atoms with Gasteiger partial charge in [0.15, 0.2) is 0 Å². The maximum atomic E-state index is 6.00. The van der Waals surface area contributed by atoms with Gasteiger partial charge in [-0.25, -0.2) is 4.98 Å². The Balaban J connectivity index is 2.24. The van der Waals surface area contributed by atoms with Crippen LogP contribution in [0, 0.1) is 13.8 Å². The average Bonchev–Trinajstić information content (AvgIpc) is 2.80. The van der Waals surface area contributed by atoms with Crippen LogP contribution in [0.5, 0.6) is 0 Å². The molecule has 0 saturated heterocycles. The van der Waals surface area contributed by atoms with Crippen molar-refractivity contribution in [2.24, 2.45) is 0 Å². The van der Waals surface area contributed by atoms with E-state index in [9.17, 15) is 0 Å². The average molecular weight is 266 g/mol. The fourth-order valence-corrected chi connectivity index (χ4v) is 2.57. The Kier molecular flexibility index (Phi) is 2.86. The minimum Gasteiger partial charge on any atom is -0.385 e. The van der Waals surface area contributed by atoms with Crippen LogP contribution in [-0.2, 0) is 0 Å². The summed E-state index contributed by atoms with van der Waals surface area (Å²) in [6.07, 6.45) is 0. The van der Waals surface area contributed by atoms with Gasteiger partial charge in [0.05, 0.1) is 5.69 Å². The number of anilines is 2. The van der Waals surface area contributed by atoms with Crippen LogP contribution in [0.2, 0.25) is 0 Å². The van der Waals surface area contributed by atoms with Gasteiger partial charge in [-0.3, -0.25) is 0 Å². The highest BCUT2D eigenvalue weighted by Crippen LogP contribution is 2.33. The highest BCUT2D eigenvalue weighted by atomic mass is 14.9. The van der Waals surface area contributed by atoms with Crippen molar-refractivity contribution in [3.8, 4) is 11.3 Å². The van der Waals surface area contributed by atoms with Crippen LogP contribution >= 0.6 is 0 Å². The maximum absolute atomic E-state index is 6.00. The first-order valence-corrected chi connectivity index (χ1v) is 6.63. The van der Waals surface area contributed by atoms with Gasteiger partial charge in [0.2, 0.25) is 0 Å². The predicted molar refractivity (Wildman–Crippen MR) is 85.0 cm³/mol. The van der Waals surface area contributed by atoms with Crippen molar-refractivity contribution in [2.75, 3.05) is 18.1 Å². The van der Waals surface area contributed by atoms with Crippen LogP contribution in [0.15, 0.2) is 30.3 Å². The number of pyridine rings is 1. The number of aromatic nitrogens is 2. The third-order valence-corrected chi connectivity index (χ3v) is 3.49. The van der Waals surface area contributed by atoms with Crippen molar-refractivity contribution >= 4 is 22.4 Å². The lowest BCUT2D eigenvalue weighted by molar-refractivity contribution is 1.20. The number of hydrogen-bond acceptors (Lipinski definition) is 3. The Morgan fingerprint density at radius 2 is 1.95 bits per heavy atom. The Labute approximate surface area is 118 Å². The molecule has 0 aliphatic carbocycles. The summed E-state index contributed by atoms with van der Waals surface area (Å²) >= 11 is 0. The number of rotatable bonds is 2. The van der Waals surface area contributed by atoms with E-state index in [1.165, 1.54) is 10.9 Å². The van der Waals surface area contributed by atoms with Gasteiger partial charge in [-0.2, -0.15) is 0 Å². The summed E-state index contributed by atoms with van der Waals surface area (Å²) in [4.78, 5) is 7.74. The van der Waals surface area contributed by atoms with Crippen LogP contribution in [0.25, 0.3) is 22.2 Å². The van der Waals surface area contributed by atoms with E-state index in [1.807, 2.05) is 20.0 Å². The summed E-state index contributed by atoms with van der Waals surface area (Å²) in [6.45, 7) is 4.05. The van der Waals surface area contributed by atoms with Crippen molar-refractivity contribution in [2.45, 2.75) is 13.8 Å². The van der Waals surface area contributed by atoms with E-state index < -0.39 is 0 Å². The monoisotopic (exact) mass is 266 g/mol. The fraction of sp³-hybridized carbons (Fsp3) is 0.188. The first kappa shape index (κ1) is 12.5. The molecule has 0 atom stereocenters. The number of hydrogen-bond donors (Lipinski definition) is 3. The molecule has 4 N–H and O–H groups in total. The minimum absolute atomic E-state index is 0.525. The number of nitrogens with one attached hydrogen (secondary N) is 2. The van der Waals surface area contributed by atoms with Crippen LogP contribution in [0.1, 0.15) is 11.3 Å². The number of H-pyrrole nitrogens is 1. The van der Waals surface area contributed by atoms with Crippen LogP contribution in [0.4, 0.5) is 11.5 Å². The number of benzene rings is 1. The van der Waals surface area contributed by atoms with Gasteiger partial charge in [-0.1, -0.05) is 11.6 Å².